The zero-order valence-electron chi connectivity index (χ0n) is 13.8. The number of carboxylic acids is 1. The fourth-order valence-electron chi connectivity index (χ4n) is 2.81. The van der Waals surface area contributed by atoms with Crippen molar-refractivity contribution in [3.05, 3.63) is 42.2 Å². The van der Waals surface area contributed by atoms with Crippen molar-refractivity contribution < 1.29 is 24.2 Å². The Morgan fingerprint density at radius 1 is 1.36 bits per heavy atom. The van der Waals surface area contributed by atoms with Crippen molar-refractivity contribution in [1.29, 1.82) is 0 Å². The summed E-state index contributed by atoms with van der Waals surface area (Å²) in [6.07, 6.45) is 1.95. The number of hydrogen-bond acceptors (Lipinski definition) is 5. The standard InChI is InChI=1S/C17H19N3O5/c1-24-13-4-2-12(3-5-13)20-8-6-14(19-20)16(23)18-17(10-15(21)22)7-9-25-11-17/h2-6,8H,7,9-11H2,1H3,(H,18,23)(H,21,22). The van der Waals surface area contributed by atoms with Crippen LogP contribution in [0.4, 0.5) is 0 Å². The highest BCUT2D eigenvalue weighted by Crippen LogP contribution is 2.23. The number of aliphatic carboxylic acids is 1. The number of benzene rings is 1. The molecule has 0 bridgehead atoms. The average Bonchev–Trinajstić information content (AvgIpc) is 3.24. The van der Waals surface area contributed by atoms with E-state index in [1.54, 1.807) is 36.2 Å². The van der Waals surface area contributed by atoms with E-state index in [4.69, 9.17) is 14.6 Å². The van der Waals surface area contributed by atoms with Crippen LogP contribution in [0.1, 0.15) is 23.3 Å². The largest absolute Gasteiger partial charge is 0.497 e. The minimum atomic E-state index is -0.977. The van der Waals surface area contributed by atoms with E-state index in [0.29, 0.717) is 13.0 Å². The third-order valence-electron chi connectivity index (χ3n) is 4.13. The van der Waals surface area contributed by atoms with Crippen LogP contribution < -0.4 is 10.1 Å². The predicted octanol–water partition coefficient (Wildman–Crippen LogP) is 1.24. The van der Waals surface area contributed by atoms with Gasteiger partial charge in [0.05, 0.1) is 31.4 Å². The highest BCUT2D eigenvalue weighted by Gasteiger charge is 2.39. The van der Waals surface area contributed by atoms with Gasteiger partial charge in [0, 0.05) is 12.8 Å². The molecular weight excluding hydrogens is 326 g/mol. The Bertz CT molecular complexity index is 763. The van der Waals surface area contributed by atoms with Crippen LogP contribution in [-0.4, -0.2) is 52.6 Å². The number of rotatable bonds is 6. The van der Waals surface area contributed by atoms with E-state index in [9.17, 15) is 9.59 Å². The normalized spacial score (nSPS) is 19.6. The number of nitrogens with one attached hydrogen (secondary N) is 1. The summed E-state index contributed by atoms with van der Waals surface area (Å²) >= 11 is 0. The van der Waals surface area contributed by atoms with Crippen molar-refractivity contribution in [3.8, 4) is 11.4 Å². The Morgan fingerprint density at radius 2 is 2.12 bits per heavy atom. The van der Waals surface area contributed by atoms with Gasteiger partial charge in [-0.3, -0.25) is 9.59 Å². The van der Waals surface area contributed by atoms with Crippen LogP contribution >= 0.6 is 0 Å². The average molecular weight is 345 g/mol. The van der Waals surface area contributed by atoms with Crippen LogP contribution in [0.25, 0.3) is 5.69 Å². The van der Waals surface area contributed by atoms with Gasteiger partial charge >= 0.3 is 5.97 Å². The minimum Gasteiger partial charge on any atom is -0.497 e. The zero-order chi connectivity index (χ0) is 17.9. The second-order valence-electron chi connectivity index (χ2n) is 5.95. The lowest BCUT2D eigenvalue weighted by Crippen LogP contribution is -2.50. The Balaban J connectivity index is 1.74. The van der Waals surface area contributed by atoms with Crippen molar-refractivity contribution in [2.75, 3.05) is 20.3 Å². The van der Waals surface area contributed by atoms with E-state index in [1.165, 1.54) is 0 Å². The molecule has 1 aliphatic rings. The molecule has 1 saturated heterocycles. The molecule has 0 aliphatic carbocycles. The molecule has 8 heteroatoms. The second kappa shape index (κ2) is 6.94. The lowest BCUT2D eigenvalue weighted by atomic mass is 9.94. The molecule has 1 amide bonds. The highest BCUT2D eigenvalue weighted by molar-refractivity contribution is 5.93. The summed E-state index contributed by atoms with van der Waals surface area (Å²) in [6.45, 7) is 0.609. The van der Waals surface area contributed by atoms with Crippen LogP contribution in [0.2, 0.25) is 0 Å². The number of amides is 1. The molecule has 132 valence electrons. The molecular formula is C17H19N3O5. The van der Waals surface area contributed by atoms with E-state index in [1.807, 2.05) is 12.1 Å². The predicted molar refractivity (Wildman–Crippen MR) is 88.0 cm³/mol. The summed E-state index contributed by atoms with van der Waals surface area (Å²) in [6, 6.07) is 8.83. The van der Waals surface area contributed by atoms with E-state index >= 15 is 0 Å². The molecule has 3 rings (SSSR count). The number of methoxy groups -OCH3 is 1. The van der Waals surface area contributed by atoms with Crippen LogP contribution in [0.5, 0.6) is 5.75 Å². The number of carbonyl (C=O) groups excluding carboxylic acids is 1. The third kappa shape index (κ3) is 3.80. The number of carbonyl (C=O) groups is 2. The number of hydrogen-bond donors (Lipinski definition) is 2. The lowest BCUT2D eigenvalue weighted by molar-refractivity contribution is -0.138. The van der Waals surface area contributed by atoms with E-state index < -0.39 is 17.4 Å². The zero-order valence-corrected chi connectivity index (χ0v) is 13.8. The molecule has 8 nitrogen and oxygen atoms in total. The molecule has 2 aromatic rings. The van der Waals surface area contributed by atoms with Crippen molar-refractivity contribution in [1.82, 2.24) is 15.1 Å². The summed E-state index contributed by atoms with van der Waals surface area (Å²) in [7, 11) is 1.59. The molecule has 0 saturated carbocycles. The molecule has 0 spiro atoms. The SMILES string of the molecule is COc1ccc(-n2ccc(C(=O)NC3(CC(=O)O)CCOC3)n2)cc1. The van der Waals surface area contributed by atoms with E-state index in [2.05, 4.69) is 10.4 Å². The van der Waals surface area contributed by atoms with Gasteiger partial charge in [-0.2, -0.15) is 5.10 Å². The molecule has 1 fully saturated rings. The number of carboxylic acid groups (broad SMARTS) is 1. The maximum atomic E-state index is 12.5. The van der Waals surface area contributed by atoms with Crippen molar-refractivity contribution >= 4 is 11.9 Å². The van der Waals surface area contributed by atoms with Gasteiger partial charge in [0.1, 0.15) is 5.75 Å². The maximum Gasteiger partial charge on any atom is 0.305 e. The van der Waals surface area contributed by atoms with Crippen molar-refractivity contribution in [3.63, 3.8) is 0 Å². The first-order valence-electron chi connectivity index (χ1n) is 7.83. The molecule has 1 atom stereocenters. The molecule has 1 aliphatic heterocycles. The molecule has 0 radical (unpaired) electrons. The second-order valence-corrected chi connectivity index (χ2v) is 5.95. The number of aromatic nitrogens is 2. The van der Waals surface area contributed by atoms with Gasteiger partial charge in [-0.15, -0.1) is 0 Å². The maximum absolute atomic E-state index is 12.5. The topological polar surface area (TPSA) is 103 Å². The van der Waals surface area contributed by atoms with Gasteiger partial charge in [0.25, 0.3) is 5.91 Å². The van der Waals surface area contributed by atoms with Gasteiger partial charge in [-0.25, -0.2) is 4.68 Å². The Morgan fingerprint density at radius 3 is 2.72 bits per heavy atom. The summed E-state index contributed by atoms with van der Waals surface area (Å²) < 4.78 is 12.0. The first-order chi connectivity index (χ1) is 12.0. The molecule has 25 heavy (non-hydrogen) atoms. The fourth-order valence-corrected chi connectivity index (χ4v) is 2.81. The number of nitrogens with zero attached hydrogens (tertiary/aromatic N) is 2. The Labute approximate surface area is 144 Å². The van der Waals surface area contributed by atoms with Crippen LogP contribution in [0, 0.1) is 0 Å². The summed E-state index contributed by atoms with van der Waals surface area (Å²) in [5.41, 5.74) is 0.115. The highest BCUT2D eigenvalue weighted by atomic mass is 16.5. The molecule has 1 aromatic carbocycles. The van der Waals surface area contributed by atoms with Gasteiger partial charge in [-0.05, 0) is 36.8 Å². The van der Waals surface area contributed by atoms with E-state index in [0.717, 1.165) is 11.4 Å². The van der Waals surface area contributed by atoms with Crippen LogP contribution in [-0.2, 0) is 9.53 Å². The molecule has 2 heterocycles. The van der Waals surface area contributed by atoms with E-state index in [-0.39, 0.29) is 18.7 Å². The van der Waals surface area contributed by atoms with Crippen LogP contribution in [0.3, 0.4) is 0 Å². The van der Waals surface area contributed by atoms with Gasteiger partial charge in [0.2, 0.25) is 0 Å². The minimum absolute atomic E-state index is 0.183. The van der Waals surface area contributed by atoms with Gasteiger partial charge in [0.15, 0.2) is 5.69 Å². The number of ether oxygens (including phenoxy) is 2. The first-order valence-corrected chi connectivity index (χ1v) is 7.83. The first kappa shape index (κ1) is 17.0. The molecule has 2 N–H and O–H groups in total. The van der Waals surface area contributed by atoms with Crippen LogP contribution in [0.15, 0.2) is 36.5 Å². The third-order valence-corrected chi connectivity index (χ3v) is 4.13. The summed E-state index contributed by atoms with van der Waals surface area (Å²) in [4.78, 5) is 23.6. The lowest BCUT2D eigenvalue weighted by Gasteiger charge is -2.26. The Kier molecular flexibility index (Phi) is 4.71. The molecule has 1 aromatic heterocycles. The van der Waals surface area contributed by atoms with Crippen molar-refractivity contribution in [2.24, 2.45) is 0 Å². The Hall–Kier alpha value is -2.87. The van der Waals surface area contributed by atoms with Gasteiger partial charge < -0.3 is 19.9 Å². The quantitative estimate of drug-likeness (QED) is 0.817. The van der Waals surface area contributed by atoms with Gasteiger partial charge in [-0.1, -0.05) is 0 Å². The van der Waals surface area contributed by atoms with Crippen molar-refractivity contribution in [2.45, 2.75) is 18.4 Å². The fraction of sp³-hybridized carbons (Fsp3) is 0.353. The summed E-state index contributed by atoms with van der Waals surface area (Å²) in [5.74, 6) is -0.667. The monoisotopic (exact) mass is 345 g/mol. The summed E-state index contributed by atoms with van der Waals surface area (Å²) in [5, 5.41) is 16.1. The smallest absolute Gasteiger partial charge is 0.305 e. The molecule has 1 unspecified atom stereocenters.